The van der Waals surface area contributed by atoms with E-state index < -0.39 is 11.8 Å². The summed E-state index contributed by atoms with van der Waals surface area (Å²) in [6.45, 7) is 0. The molecule has 2 rings (SSSR count). The molecule has 0 aromatic heterocycles. The van der Waals surface area contributed by atoms with Gasteiger partial charge in [0.1, 0.15) is 17.6 Å². The van der Waals surface area contributed by atoms with E-state index in [-0.39, 0.29) is 16.9 Å². The molecule has 5 heteroatoms. The standard InChI is InChI=1S/C15H10FNO3/c1-20-15(19)12-4-2-10(7-13(12)16)9-3-5-14(18)11(6-9)8-17/h2-7,18H,1H3. The smallest absolute Gasteiger partial charge is 0.340 e. The molecule has 0 saturated carbocycles. The van der Waals surface area contributed by atoms with Crippen LogP contribution >= 0.6 is 0 Å². The SMILES string of the molecule is COC(=O)c1ccc(-c2ccc(O)c(C#N)c2)cc1F. The molecule has 0 spiro atoms. The van der Waals surface area contributed by atoms with Crippen LogP contribution < -0.4 is 0 Å². The second-order valence-corrected chi connectivity index (χ2v) is 4.03. The summed E-state index contributed by atoms with van der Waals surface area (Å²) in [5.41, 5.74) is 0.997. The molecular formula is C15H10FNO3. The molecule has 100 valence electrons. The highest BCUT2D eigenvalue weighted by Gasteiger charge is 2.13. The fourth-order valence-electron chi connectivity index (χ4n) is 1.78. The van der Waals surface area contributed by atoms with E-state index in [1.165, 1.54) is 31.4 Å². The van der Waals surface area contributed by atoms with Crippen molar-refractivity contribution in [2.75, 3.05) is 7.11 Å². The van der Waals surface area contributed by atoms with Crippen LogP contribution in [0.5, 0.6) is 5.75 Å². The van der Waals surface area contributed by atoms with Crippen molar-refractivity contribution in [1.82, 2.24) is 0 Å². The van der Waals surface area contributed by atoms with E-state index in [2.05, 4.69) is 4.74 Å². The Bertz CT molecular complexity index is 720. The lowest BCUT2D eigenvalue weighted by Gasteiger charge is -2.06. The van der Waals surface area contributed by atoms with Gasteiger partial charge < -0.3 is 9.84 Å². The number of methoxy groups -OCH3 is 1. The van der Waals surface area contributed by atoms with Crippen LogP contribution in [0.4, 0.5) is 4.39 Å². The lowest BCUT2D eigenvalue weighted by atomic mass is 10.0. The number of aromatic hydroxyl groups is 1. The zero-order valence-electron chi connectivity index (χ0n) is 10.6. The van der Waals surface area contributed by atoms with E-state index in [4.69, 9.17) is 5.26 Å². The summed E-state index contributed by atoms with van der Waals surface area (Å²) in [5.74, 6) is -1.60. The number of nitriles is 1. The summed E-state index contributed by atoms with van der Waals surface area (Å²) in [7, 11) is 1.18. The third kappa shape index (κ3) is 2.45. The van der Waals surface area contributed by atoms with Gasteiger partial charge in [0.2, 0.25) is 0 Å². The average Bonchev–Trinajstić information content (AvgIpc) is 2.47. The van der Waals surface area contributed by atoms with Gasteiger partial charge in [0.25, 0.3) is 0 Å². The van der Waals surface area contributed by atoms with E-state index in [9.17, 15) is 14.3 Å². The number of hydrogen-bond donors (Lipinski definition) is 1. The maximum Gasteiger partial charge on any atom is 0.340 e. The maximum absolute atomic E-state index is 13.8. The van der Waals surface area contributed by atoms with Gasteiger partial charge in [-0.05, 0) is 35.4 Å². The maximum atomic E-state index is 13.8. The number of carbonyl (C=O) groups excluding carboxylic acids is 1. The van der Waals surface area contributed by atoms with Gasteiger partial charge in [-0.25, -0.2) is 9.18 Å². The molecule has 1 N–H and O–H groups in total. The number of carbonyl (C=O) groups is 1. The minimum absolute atomic E-state index is 0.0972. The molecule has 0 heterocycles. The molecule has 20 heavy (non-hydrogen) atoms. The lowest BCUT2D eigenvalue weighted by Crippen LogP contribution is -2.04. The van der Waals surface area contributed by atoms with Crippen molar-refractivity contribution in [3.8, 4) is 22.9 Å². The summed E-state index contributed by atoms with van der Waals surface area (Å²) >= 11 is 0. The Balaban J connectivity index is 2.47. The van der Waals surface area contributed by atoms with E-state index in [0.717, 1.165) is 0 Å². The van der Waals surface area contributed by atoms with Crippen LogP contribution in [0.25, 0.3) is 11.1 Å². The zero-order valence-corrected chi connectivity index (χ0v) is 10.6. The zero-order chi connectivity index (χ0) is 14.7. The van der Waals surface area contributed by atoms with Crippen molar-refractivity contribution in [1.29, 1.82) is 5.26 Å². The summed E-state index contributed by atoms with van der Waals surface area (Å²) in [6, 6.07) is 10.2. The molecule has 0 aliphatic carbocycles. The van der Waals surface area contributed by atoms with Gasteiger partial charge >= 0.3 is 5.97 Å². The van der Waals surface area contributed by atoms with E-state index >= 15 is 0 Å². The van der Waals surface area contributed by atoms with Crippen molar-refractivity contribution in [2.24, 2.45) is 0 Å². The van der Waals surface area contributed by atoms with Gasteiger partial charge in [-0.2, -0.15) is 5.26 Å². The Hall–Kier alpha value is -2.87. The quantitative estimate of drug-likeness (QED) is 0.852. The number of phenolic OH excluding ortho intramolecular Hbond substituents is 1. The summed E-state index contributed by atoms with van der Waals surface area (Å²) in [6.07, 6.45) is 0. The van der Waals surface area contributed by atoms with Crippen molar-refractivity contribution in [2.45, 2.75) is 0 Å². The first kappa shape index (κ1) is 13.6. The minimum Gasteiger partial charge on any atom is -0.507 e. The predicted molar refractivity (Wildman–Crippen MR) is 69.6 cm³/mol. The molecule has 0 aliphatic rings. The van der Waals surface area contributed by atoms with Gasteiger partial charge in [-0.15, -0.1) is 0 Å². The monoisotopic (exact) mass is 271 g/mol. The molecule has 0 bridgehead atoms. The Morgan fingerprint density at radius 1 is 1.25 bits per heavy atom. The molecule has 0 fully saturated rings. The molecule has 2 aromatic carbocycles. The minimum atomic E-state index is -0.752. The number of rotatable bonds is 2. The summed E-state index contributed by atoms with van der Waals surface area (Å²) < 4.78 is 18.3. The molecule has 0 amide bonds. The van der Waals surface area contributed by atoms with E-state index in [0.29, 0.717) is 11.1 Å². The van der Waals surface area contributed by atoms with Crippen molar-refractivity contribution < 1.29 is 19.0 Å². The fraction of sp³-hybridized carbons (Fsp3) is 0.0667. The van der Waals surface area contributed by atoms with Gasteiger partial charge in [0.15, 0.2) is 0 Å². The van der Waals surface area contributed by atoms with Crippen LogP contribution in [0.2, 0.25) is 0 Å². The molecule has 2 aromatic rings. The number of phenols is 1. The molecular weight excluding hydrogens is 261 g/mol. The highest BCUT2D eigenvalue weighted by Crippen LogP contribution is 2.27. The van der Waals surface area contributed by atoms with Gasteiger partial charge in [-0.3, -0.25) is 0 Å². The number of nitrogens with zero attached hydrogens (tertiary/aromatic N) is 1. The molecule has 0 saturated heterocycles. The first-order valence-electron chi connectivity index (χ1n) is 5.68. The van der Waals surface area contributed by atoms with Crippen LogP contribution in [0.15, 0.2) is 36.4 Å². The second-order valence-electron chi connectivity index (χ2n) is 4.03. The number of esters is 1. The number of halogens is 1. The predicted octanol–water partition coefficient (Wildman–Crippen LogP) is 2.86. The van der Waals surface area contributed by atoms with Crippen LogP contribution in [0.1, 0.15) is 15.9 Å². The lowest BCUT2D eigenvalue weighted by molar-refractivity contribution is 0.0595. The second kappa shape index (κ2) is 5.41. The first-order chi connectivity index (χ1) is 9.56. The largest absolute Gasteiger partial charge is 0.507 e. The molecule has 0 aliphatic heterocycles. The van der Waals surface area contributed by atoms with Crippen LogP contribution in [-0.2, 0) is 4.74 Å². The van der Waals surface area contributed by atoms with Crippen LogP contribution in [-0.4, -0.2) is 18.2 Å². The third-order valence-corrected chi connectivity index (χ3v) is 2.82. The molecule has 4 nitrogen and oxygen atoms in total. The molecule has 0 unspecified atom stereocenters. The highest BCUT2D eigenvalue weighted by atomic mass is 19.1. The van der Waals surface area contributed by atoms with E-state index in [1.54, 1.807) is 12.1 Å². The Morgan fingerprint density at radius 2 is 1.90 bits per heavy atom. The first-order valence-corrected chi connectivity index (χ1v) is 5.68. The van der Waals surface area contributed by atoms with Gasteiger partial charge in [-0.1, -0.05) is 12.1 Å². The normalized spacial score (nSPS) is 9.85. The van der Waals surface area contributed by atoms with Crippen molar-refractivity contribution >= 4 is 5.97 Å². The van der Waals surface area contributed by atoms with Crippen LogP contribution in [0.3, 0.4) is 0 Å². The number of hydrogen-bond acceptors (Lipinski definition) is 4. The number of ether oxygens (including phenoxy) is 1. The molecule has 0 radical (unpaired) electrons. The van der Waals surface area contributed by atoms with Crippen LogP contribution in [0, 0.1) is 17.1 Å². The highest BCUT2D eigenvalue weighted by molar-refractivity contribution is 5.90. The fourth-order valence-corrected chi connectivity index (χ4v) is 1.78. The Morgan fingerprint density at radius 3 is 2.50 bits per heavy atom. The van der Waals surface area contributed by atoms with Gasteiger partial charge in [0.05, 0.1) is 18.2 Å². The molecule has 0 atom stereocenters. The Labute approximate surface area is 114 Å². The van der Waals surface area contributed by atoms with Crippen molar-refractivity contribution in [3.05, 3.63) is 53.3 Å². The Kier molecular flexibility index (Phi) is 3.67. The summed E-state index contributed by atoms with van der Waals surface area (Å²) in [4.78, 5) is 11.3. The summed E-state index contributed by atoms with van der Waals surface area (Å²) in [5, 5.41) is 18.3. The number of benzene rings is 2. The van der Waals surface area contributed by atoms with Crippen molar-refractivity contribution in [3.63, 3.8) is 0 Å². The average molecular weight is 271 g/mol. The van der Waals surface area contributed by atoms with Gasteiger partial charge in [0, 0.05) is 0 Å². The topological polar surface area (TPSA) is 70.3 Å². The third-order valence-electron chi connectivity index (χ3n) is 2.82. The van der Waals surface area contributed by atoms with E-state index in [1.807, 2.05) is 6.07 Å².